The molecule has 32 heavy (non-hydrogen) atoms. The van der Waals surface area contributed by atoms with Crippen molar-refractivity contribution in [1.29, 1.82) is 0 Å². The number of carbonyl (C=O) groups is 3. The summed E-state index contributed by atoms with van der Waals surface area (Å²) in [6.07, 6.45) is -0.198. The fourth-order valence-corrected chi connectivity index (χ4v) is 3.74. The molecule has 0 aliphatic heterocycles. The minimum atomic E-state index is -4.10. The highest BCUT2D eigenvalue weighted by molar-refractivity contribution is 5.86. The third kappa shape index (κ3) is 5.04. The number of fused-ring (bicyclic) bond motifs is 3. The number of alkyl halides is 2. The largest absolute Gasteiger partial charge is 0.477 e. The van der Waals surface area contributed by atoms with Crippen molar-refractivity contribution in [3.8, 4) is 11.1 Å². The molecule has 9 heteroatoms. The van der Waals surface area contributed by atoms with Gasteiger partial charge in [0, 0.05) is 5.92 Å². The molecule has 1 atom stereocenters. The molecule has 3 N–H and O–H groups in total. The van der Waals surface area contributed by atoms with Crippen LogP contribution in [-0.4, -0.2) is 48.2 Å². The molecule has 170 valence electrons. The minimum Gasteiger partial charge on any atom is -0.477 e. The highest BCUT2D eigenvalue weighted by Gasteiger charge is 2.39. The number of rotatable bonds is 9. The summed E-state index contributed by atoms with van der Waals surface area (Å²) in [6.45, 7) is 0.427. The third-order valence-corrected chi connectivity index (χ3v) is 5.33. The van der Waals surface area contributed by atoms with E-state index in [0.717, 1.165) is 22.3 Å². The van der Waals surface area contributed by atoms with Crippen LogP contribution in [0.2, 0.25) is 0 Å². The number of carbonyl (C=O) groups excluding carboxylic acids is 2. The van der Waals surface area contributed by atoms with Crippen LogP contribution in [0.25, 0.3) is 11.1 Å². The van der Waals surface area contributed by atoms with Gasteiger partial charge in [0.2, 0.25) is 5.91 Å². The molecule has 0 saturated carbocycles. The van der Waals surface area contributed by atoms with Gasteiger partial charge in [0.25, 0.3) is 0 Å². The molecule has 2 aromatic rings. The molecule has 2 amide bonds. The van der Waals surface area contributed by atoms with Gasteiger partial charge in [-0.05, 0) is 28.7 Å². The van der Waals surface area contributed by atoms with Crippen molar-refractivity contribution in [2.45, 2.75) is 37.6 Å². The normalized spacial score (nSPS) is 13.6. The maximum atomic E-state index is 13.2. The molecular formula is C23H24F2N2O5. The Kier molecular flexibility index (Phi) is 7.07. The summed E-state index contributed by atoms with van der Waals surface area (Å²) < 4.78 is 31.8. The molecule has 0 fully saturated rings. The van der Waals surface area contributed by atoms with Crippen LogP contribution in [0, 0.1) is 0 Å². The number of hydrogen-bond acceptors (Lipinski definition) is 4. The van der Waals surface area contributed by atoms with Gasteiger partial charge < -0.3 is 20.5 Å². The number of halogens is 2. The van der Waals surface area contributed by atoms with Gasteiger partial charge in [0.1, 0.15) is 12.6 Å². The van der Waals surface area contributed by atoms with E-state index in [1.54, 1.807) is 6.92 Å². The molecule has 2 aromatic carbocycles. The van der Waals surface area contributed by atoms with Crippen molar-refractivity contribution in [3.63, 3.8) is 0 Å². The molecule has 0 bridgehead atoms. The summed E-state index contributed by atoms with van der Waals surface area (Å²) in [5.74, 6) is -7.51. The van der Waals surface area contributed by atoms with Crippen molar-refractivity contribution in [2.75, 3.05) is 13.2 Å². The van der Waals surface area contributed by atoms with Gasteiger partial charge in [-0.25, -0.2) is 9.59 Å². The number of carboxylic acid groups (broad SMARTS) is 1. The number of hydrogen-bond donors (Lipinski definition) is 3. The van der Waals surface area contributed by atoms with Crippen molar-refractivity contribution < 1.29 is 33.0 Å². The lowest BCUT2D eigenvalue weighted by molar-refractivity contribution is -0.164. The molecule has 1 aliphatic carbocycles. The summed E-state index contributed by atoms with van der Waals surface area (Å²) in [4.78, 5) is 35.1. The van der Waals surface area contributed by atoms with Crippen molar-refractivity contribution >= 4 is 18.0 Å². The maximum absolute atomic E-state index is 13.2. The summed E-state index contributed by atoms with van der Waals surface area (Å²) in [6, 6.07) is 14.5. The Hall–Kier alpha value is -3.49. The second kappa shape index (κ2) is 9.76. The van der Waals surface area contributed by atoms with E-state index >= 15 is 0 Å². The van der Waals surface area contributed by atoms with Crippen LogP contribution in [0.4, 0.5) is 13.6 Å². The quantitative estimate of drug-likeness (QED) is 0.547. The first kappa shape index (κ1) is 23.2. The monoisotopic (exact) mass is 446 g/mol. The molecule has 0 spiro atoms. The molecule has 1 aliphatic rings. The number of nitrogens with one attached hydrogen (secondary N) is 2. The van der Waals surface area contributed by atoms with E-state index in [1.165, 1.54) is 0 Å². The Morgan fingerprint density at radius 1 is 1.06 bits per heavy atom. The predicted molar refractivity (Wildman–Crippen MR) is 112 cm³/mol. The van der Waals surface area contributed by atoms with Crippen LogP contribution in [0.5, 0.6) is 0 Å². The number of alkyl carbamates (subject to hydrolysis) is 1. The Labute approximate surface area is 183 Å². The molecule has 0 radical (unpaired) electrons. The highest BCUT2D eigenvalue weighted by atomic mass is 19.3. The predicted octanol–water partition coefficient (Wildman–Crippen LogP) is 3.53. The van der Waals surface area contributed by atoms with E-state index in [2.05, 4.69) is 5.32 Å². The van der Waals surface area contributed by atoms with E-state index in [1.807, 2.05) is 53.8 Å². The zero-order valence-corrected chi connectivity index (χ0v) is 17.4. The molecular weight excluding hydrogens is 422 g/mol. The number of benzene rings is 2. The third-order valence-electron chi connectivity index (χ3n) is 5.33. The van der Waals surface area contributed by atoms with Crippen LogP contribution in [0.15, 0.2) is 48.5 Å². The van der Waals surface area contributed by atoms with Crippen LogP contribution in [0.1, 0.15) is 36.8 Å². The molecule has 3 rings (SSSR count). The van der Waals surface area contributed by atoms with Crippen LogP contribution in [-0.2, 0) is 14.3 Å². The zero-order valence-electron chi connectivity index (χ0n) is 17.4. The molecule has 0 heterocycles. The molecule has 0 unspecified atom stereocenters. The lowest BCUT2D eigenvalue weighted by Gasteiger charge is -2.20. The molecule has 7 nitrogen and oxygen atoms in total. The summed E-state index contributed by atoms with van der Waals surface area (Å²) in [5, 5.41) is 12.7. The SMILES string of the molecule is CCC[C@H](NC(=O)OCC1c2ccccc2-c2ccccc21)C(=O)NCC(F)(F)C(=O)O. The first-order valence-electron chi connectivity index (χ1n) is 10.2. The van der Waals surface area contributed by atoms with Gasteiger partial charge in [-0.3, -0.25) is 4.79 Å². The summed E-state index contributed by atoms with van der Waals surface area (Å²) >= 11 is 0. The zero-order chi connectivity index (χ0) is 23.3. The van der Waals surface area contributed by atoms with E-state index in [0.29, 0.717) is 6.42 Å². The van der Waals surface area contributed by atoms with E-state index in [4.69, 9.17) is 9.84 Å². The van der Waals surface area contributed by atoms with Gasteiger partial charge in [-0.1, -0.05) is 61.9 Å². The van der Waals surface area contributed by atoms with Crippen molar-refractivity contribution in [1.82, 2.24) is 10.6 Å². The number of carboxylic acids is 1. The first-order valence-corrected chi connectivity index (χ1v) is 10.2. The van der Waals surface area contributed by atoms with Crippen LogP contribution in [0.3, 0.4) is 0 Å². The smallest absolute Gasteiger partial charge is 0.407 e. The topological polar surface area (TPSA) is 105 Å². The Bertz CT molecular complexity index is 966. The van der Waals surface area contributed by atoms with Crippen molar-refractivity contribution in [2.24, 2.45) is 0 Å². The second-order valence-corrected chi connectivity index (χ2v) is 7.54. The lowest BCUT2D eigenvalue weighted by Crippen LogP contribution is -2.50. The van der Waals surface area contributed by atoms with Crippen LogP contribution >= 0.6 is 0 Å². The number of aliphatic carboxylic acids is 1. The van der Waals surface area contributed by atoms with Gasteiger partial charge >= 0.3 is 18.0 Å². The number of amides is 2. The van der Waals surface area contributed by atoms with Crippen LogP contribution < -0.4 is 10.6 Å². The Morgan fingerprint density at radius 2 is 1.62 bits per heavy atom. The van der Waals surface area contributed by atoms with E-state index in [-0.39, 0.29) is 18.9 Å². The van der Waals surface area contributed by atoms with Crippen molar-refractivity contribution in [3.05, 3.63) is 59.7 Å². The number of ether oxygens (including phenoxy) is 1. The fraction of sp³-hybridized carbons (Fsp3) is 0.348. The van der Waals surface area contributed by atoms with Gasteiger partial charge in [0.15, 0.2) is 0 Å². The fourth-order valence-electron chi connectivity index (χ4n) is 3.74. The first-order chi connectivity index (χ1) is 15.2. The molecule has 0 saturated heterocycles. The average molecular weight is 446 g/mol. The summed E-state index contributed by atoms with van der Waals surface area (Å²) in [5.41, 5.74) is 4.19. The Balaban J connectivity index is 1.61. The standard InChI is InChI=1S/C23H24F2N2O5/c1-2-7-19(20(28)26-13-23(24,25)21(29)30)27-22(31)32-12-18-16-10-5-3-8-14(16)15-9-4-6-11-17(15)18/h3-6,8-11,18-19H,2,7,12-13H2,1H3,(H,26,28)(H,27,31)(H,29,30)/t19-/m0/s1. The van der Waals surface area contributed by atoms with Gasteiger partial charge in [0.05, 0.1) is 6.54 Å². The highest BCUT2D eigenvalue weighted by Crippen LogP contribution is 2.44. The average Bonchev–Trinajstić information content (AvgIpc) is 3.09. The maximum Gasteiger partial charge on any atom is 0.407 e. The molecule has 0 aromatic heterocycles. The lowest BCUT2D eigenvalue weighted by atomic mass is 9.98. The Morgan fingerprint density at radius 3 is 2.16 bits per heavy atom. The minimum absolute atomic E-state index is 0.0391. The van der Waals surface area contributed by atoms with Gasteiger partial charge in [-0.2, -0.15) is 8.78 Å². The van der Waals surface area contributed by atoms with Gasteiger partial charge in [-0.15, -0.1) is 0 Å². The summed E-state index contributed by atoms with van der Waals surface area (Å²) in [7, 11) is 0. The van der Waals surface area contributed by atoms with E-state index < -0.39 is 36.5 Å². The van der Waals surface area contributed by atoms with E-state index in [9.17, 15) is 23.2 Å². The second-order valence-electron chi connectivity index (χ2n) is 7.54.